The first-order chi connectivity index (χ1) is 14.0. The number of carbonyl (C=O) groups excluding carboxylic acids is 1. The molecule has 0 aromatic rings. The Morgan fingerprint density at radius 2 is 1.34 bits per heavy atom. The zero-order valence-corrected chi connectivity index (χ0v) is 22.0. The molecular weight excluding hydrogens is 498 g/mol. The molecule has 0 heterocycles. The topological polar surface area (TPSA) is 82.1 Å². The lowest BCUT2D eigenvalue weighted by atomic mass is 10.0. The van der Waals surface area contributed by atoms with E-state index in [9.17, 15) is 35.9 Å². The van der Waals surface area contributed by atoms with E-state index in [2.05, 4.69) is 4.74 Å². The monoisotopic (exact) mass is 528 g/mol. The minimum absolute atomic E-state index is 0.442. The minimum atomic E-state index is -5.60. The van der Waals surface area contributed by atoms with Crippen molar-refractivity contribution < 1.29 is 54.0 Å². The summed E-state index contributed by atoms with van der Waals surface area (Å²) >= 11 is 0. The molecule has 188 valence electrons. The molecule has 0 fully saturated rings. The highest BCUT2D eigenvalue weighted by Crippen LogP contribution is 2.51. The molecule has 0 aromatic heterocycles. The summed E-state index contributed by atoms with van der Waals surface area (Å²) in [6.45, 7) is 10.4. The largest absolute Gasteiger partial charge is 0.478 e. The first kappa shape index (κ1) is 30.8. The van der Waals surface area contributed by atoms with Crippen molar-refractivity contribution in [2.75, 3.05) is 6.61 Å². The van der Waals surface area contributed by atoms with E-state index in [0.29, 0.717) is 12.2 Å². The van der Waals surface area contributed by atoms with Crippen LogP contribution in [0.1, 0.15) is 6.42 Å². The molecule has 0 aromatic carbocycles. The first-order valence-corrected chi connectivity index (χ1v) is 18.8. The summed E-state index contributed by atoms with van der Waals surface area (Å²) in [5.41, 5.74) is -2.03. The van der Waals surface area contributed by atoms with Gasteiger partial charge in [-0.1, -0.05) is 0 Å². The molecule has 1 unspecified atom stereocenters. The van der Waals surface area contributed by atoms with Crippen molar-refractivity contribution in [1.82, 2.24) is 0 Å². The van der Waals surface area contributed by atoms with E-state index in [1.54, 1.807) is 13.1 Å². The second-order valence-corrected chi connectivity index (χ2v) is 21.7. The van der Waals surface area contributed by atoms with Gasteiger partial charge in [-0.2, -0.15) is 26.3 Å². The van der Waals surface area contributed by atoms with Gasteiger partial charge in [0.15, 0.2) is 22.6 Å². The molecule has 0 amide bonds. The van der Waals surface area contributed by atoms with Crippen LogP contribution in [0.2, 0.25) is 51.4 Å². The molecule has 0 bridgehead atoms. The van der Waals surface area contributed by atoms with Crippen molar-refractivity contribution in [2.24, 2.45) is 5.92 Å². The van der Waals surface area contributed by atoms with Gasteiger partial charge in [0, 0.05) is 17.7 Å². The van der Waals surface area contributed by atoms with Crippen LogP contribution in [0, 0.1) is 5.92 Å². The van der Waals surface area contributed by atoms with Crippen LogP contribution in [0.3, 0.4) is 0 Å². The highest BCUT2D eigenvalue weighted by molar-refractivity contribution is 6.88. The Labute approximate surface area is 186 Å². The van der Waals surface area contributed by atoms with E-state index in [4.69, 9.17) is 13.3 Å². The smallest absolute Gasteiger partial charge is 0.400 e. The van der Waals surface area contributed by atoms with Crippen LogP contribution in [-0.2, 0) is 22.6 Å². The average molecular weight is 529 g/mol. The van der Waals surface area contributed by atoms with Crippen LogP contribution < -0.4 is 0 Å². The Morgan fingerprint density at radius 1 is 0.875 bits per heavy atom. The molecule has 15 heteroatoms. The van der Waals surface area contributed by atoms with Crippen molar-refractivity contribution >= 4 is 37.1 Å². The normalized spacial score (nSPS) is 15.3. The number of rotatable bonds is 11. The van der Waals surface area contributed by atoms with Crippen molar-refractivity contribution in [3.8, 4) is 0 Å². The molecule has 1 N–H and O–H groups in total. The van der Waals surface area contributed by atoms with E-state index in [0.717, 1.165) is 0 Å². The molecule has 0 aliphatic heterocycles. The van der Waals surface area contributed by atoms with Crippen LogP contribution in [0.4, 0.5) is 26.3 Å². The second kappa shape index (κ2) is 10.8. The summed E-state index contributed by atoms with van der Waals surface area (Å²) in [5.74, 6) is -6.34. The second-order valence-electron chi connectivity index (χ2n) is 9.11. The number of ether oxygens (including phenoxy) is 1. The lowest BCUT2D eigenvalue weighted by molar-refractivity contribution is -0.286. The third-order valence-corrected chi connectivity index (χ3v) is 15.0. The number of carboxylic acids is 1. The van der Waals surface area contributed by atoms with Crippen LogP contribution in [-0.4, -0.2) is 61.2 Å². The summed E-state index contributed by atoms with van der Waals surface area (Å²) in [6.07, 6.45) is -11.0. The Bertz CT molecular complexity index is 672. The van der Waals surface area contributed by atoms with E-state index in [-0.39, 0.29) is 0 Å². The molecule has 32 heavy (non-hydrogen) atoms. The first-order valence-electron chi connectivity index (χ1n) is 9.59. The molecule has 0 radical (unpaired) electrons. The van der Waals surface area contributed by atoms with Crippen LogP contribution in [0.5, 0.6) is 0 Å². The van der Waals surface area contributed by atoms with Crippen LogP contribution in [0.15, 0.2) is 12.2 Å². The third kappa shape index (κ3) is 11.6. The fourth-order valence-corrected chi connectivity index (χ4v) is 17.6. The standard InChI is InChI=1S/C17H30F6O6Si3/c1-30(2,3)28-32(6,7)29-31(4,5)12(15(16(18,19)20)17(21,22)23)10-11-27-14(26)9-8-13(24)25/h8-9,12,15H,10-11H2,1-7H3,(H,24,25). The molecule has 0 spiro atoms. The Balaban J connectivity index is 5.94. The van der Waals surface area contributed by atoms with E-state index in [1.165, 1.54) is 13.1 Å². The number of carboxylic acid groups (broad SMARTS) is 1. The molecule has 0 aliphatic carbocycles. The Hall–Kier alpha value is -1.17. The van der Waals surface area contributed by atoms with Gasteiger partial charge < -0.3 is 18.1 Å². The fourth-order valence-electron chi connectivity index (χ4n) is 3.50. The van der Waals surface area contributed by atoms with E-state index in [1.807, 2.05) is 19.6 Å². The molecule has 1 atom stereocenters. The number of carbonyl (C=O) groups is 2. The quantitative estimate of drug-likeness (QED) is 0.166. The summed E-state index contributed by atoms with van der Waals surface area (Å²) in [5, 5.41) is 8.46. The zero-order chi connectivity index (χ0) is 25.8. The number of esters is 1. The predicted octanol–water partition coefficient (Wildman–Crippen LogP) is 5.45. The average Bonchev–Trinajstić information content (AvgIpc) is 2.45. The van der Waals surface area contributed by atoms with Crippen molar-refractivity contribution in [3.05, 3.63) is 12.2 Å². The van der Waals surface area contributed by atoms with E-state index < -0.39 is 74.0 Å². The summed E-state index contributed by atoms with van der Waals surface area (Å²) in [4.78, 5) is 21.9. The number of aliphatic carboxylic acids is 1. The molecule has 0 saturated carbocycles. The lowest BCUT2D eigenvalue weighted by Crippen LogP contribution is -2.57. The van der Waals surface area contributed by atoms with Gasteiger partial charge in [-0.15, -0.1) is 0 Å². The number of halogens is 6. The Morgan fingerprint density at radius 3 is 1.72 bits per heavy atom. The number of hydrogen-bond donors (Lipinski definition) is 1. The van der Waals surface area contributed by atoms with Crippen molar-refractivity contribution in [2.45, 2.75) is 70.1 Å². The van der Waals surface area contributed by atoms with Gasteiger partial charge in [-0.25, -0.2) is 9.59 Å². The third-order valence-electron chi connectivity index (χ3n) is 4.10. The Kier molecular flexibility index (Phi) is 10.4. The molecule has 0 aliphatic rings. The summed E-state index contributed by atoms with van der Waals surface area (Å²) in [7, 11) is -9.02. The van der Waals surface area contributed by atoms with Gasteiger partial charge in [-0.05, 0) is 52.2 Å². The van der Waals surface area contributed by atoms with Gasteiger partial charge >= 0.3 is 32.9 Å². The van der Waals surface area contributed by atoms with Crippen LogP contribution >= 0.6 is 0 Å². The number of hydrogen-bond acceptors (Lipinski definition) is 5. The molecule has 0 saturated heterocycles. The number of alkyl halides is 6. The zero-order valence-electron chi connectivity index (χ0n) is 19.0. The van der Waals surface area contributed by atoms with Crippen molar-refractivity contribution in [3.63, 3.8) is 0 Å². The SMILES string of the molecule is C[Si](C)(C)O[Si](C)(C)O[Si](C)(C)C(CCOC(=O)C=CC(=O)O)C(C(F)(F)F)C(F)(F)F. The van der Waals surface area contributed by atoms with Gasteiger partial charge in [0.25, 0.3) is 0 Å². The van der Waals surface area contributed by atoms with Gasteiger partial charge in [0.2, 0.25) is 0 Å². The summed E-state index contributed by atoms with van der Waals surface area (Å²) in [6, 6.07) is 0. The highest BCUT2D eigenvalue weighted by Gasteiger charge is 2.64. The fraction of sp³-hybridized carbons (Fsp3) is 0.765. The minimum Gasteiger partial charge on any atom is -0.478 e. The molecule has 6 nitrogen and oxygen atoms in total. The maximum absolute atomic E-state index is 13.5. The van der Waals surface area contributed by atoms with Gasteiger partial charge in [0.1, 0.15) is 0 Å². The highest BCUT2D eigenvalue weighted by atomic mass is 28.5. The molecular formula is C17H30F6O6Si3. The van der Waals surface area contributed by atoms with Crippen molar-refractivity contribution in [1.29, 1.82) is 0 Å². The van der Waals surface area contributed by atoms with Gasteiger partial charge in [-0.3, -0.25) is 0 Å². The van der Waals surface area contributed by atoms with E-state index >= 15 is 0 Å². The lowest BCUT2D eigenvalue weighted by Gasteiger charge is -2.44. The summed E-state index contributed by atoms with van der Waals surface area (Å²) < 4.78 is 97.8. The van der Waals surface area contributed by atoms with Crippen LogP contribution in [0.25, 0.3) is 0 Å². The molecule has 0 rings (SSSR count). The van der Waals surface area contributed by atoms with Gasteiger partial charge in [0.05, 0.1) is 6.61 Å². The predicted molar refractivity (Wildman–Crippen MR) is 112 cm³/mol. The maximum atomic E-state index is 13.5. The maximum Gasteiger partial charge on any atom is 0.400 e.